The Labute approximate surface area is 126 Å². The summed E-state index contributed by atoms with van der Waals surface area (Å²) in [6, 6.07) is 6.49. The van der Waals surface area contributed by atoms with Crippen molar-refractivity contribution in [1.82, 2.24) is 4.31 Å². The number of nitrogens with two attached hydrogens (primary N) is 1. The van der Waals surface area contributed by atoms with Crippen molar-refractivity contribution in [3.8, 4) is 11.8 Å². The van der Waals surface area contributed by atoms with Crippen molar-refractivity contribution < 1.29 is 13.2 Å². The minimum Gasteiger partial charge on any atom is -0.377 e. The molecule has 0 spiro atoms. The Kier molecular flexibility index (Phi) is 5.01. The Hall–Kier alpha value is -1.39. The molecule has 2 atom stereocenters. The van der Waals surface area contributed by atoms with Gasteiger partial charge in [0.15, 0.2) is 0 Å². The highest BCUT2D eigenvalue weighted by molar-refractivity contribution is 7.89. The van der Waals surface area contributed by atoms with Crippen molar-refractivity contribution in [3.05, 3.63) is 29.8 Å². The van der Waals surface area contributed by atoms with Crippen LogP contribution in [0.3, 0.4) is 0 Å². The molecule has 0 radical (unpaired) electrons. The Morgan fingerprint density at radius 3 is 2.86 bits per heavy atom. The van der Waals surface area contributed by atoms with Crippen LogP contribution in [0.1, 0.15) is 18.9 Å². The lowest BCUT2D eigenvalue weighted by Gasteiger charge is -2.26. The van der Waals surface area contributed by atoms with Gasteiger partial charge in [0, 0.05) is 19.2 Å². The number of sulfonamides is 1. The van der Waals surface area contributed by atoms with Gasteiger partial charge in [0.2, 0.25) is 10.0 Å². The van der Waals surface area contributed by atoms with Crippen LogP contribution in [-0.4, -0.2) is 45.1 Å². The molecule has 2 unspecified atom stereocenters. The zero-order valence-corrected chi connectivity index (χ0v) is 13.1. The fourth-order valence-electron chi connectivity index (χ4n) is 2.43. The van der Waals surface area contributed by atoms with Crippen molar-refractivity contribution in [2.75, 3.05) is 20.2 Å². The fraction of sp³-hybridized carbons (Fsp3) is 0.467. The van der Waals surface area contributed by atoms with Crippen LogP contribution in [0.4, 0.5) is 0 Å². The van der Waals surface area contributed by atoms with Gasteiger partial charge < -0.3 is 10.5 Å². The second-order valence-corrected chi connectivity index (χ2v) is 6.98. The molecule has 1 heterocycles. The van der Waals surface area contributed by atoms with Crippen LogP contribution in [0, 0.1) is 11.8 Å². The zero-order chi connectivity index (χ0) is 15.5. The second kappa shape index (κ2) is 6.58. The molecule has 21 heavy (non-hydrogen) atoms. The van der Waals surface area contributed by atoms with E-state index in [1.165, 1.54) is 4.31 Å². The van der Waals surface area contributed by atoms with Crippen molar-refractivity contribution in [1.29, 1.82) is 0 Å². The van der Waals surface area contributed by atoms with E-state index in [1.807, 2.05) is 6.92 Å². The van der Waals surface area contributed by atoms with Gasteiger partial charge in [-0.25, -0.2) is 8.42 Å². The Morgan fingerprint density at radius 2 is 2.24 bits per heavy atom. The average Bonchev–Trinajstić information content (AvgIpc) is 2.90. The summed E-state index contributed by atoms with van der Waals surface area (Å²) in [7, 11) is -1.95. The first-order valence-electron chi connectivity index (χ1n) is 6.85. The molecule has 5 nitrogen and oxygen atoms in total. The summed E-state index contributed by atoms with van der Waals surface area (Å²) in [5, 5.41) is 0. The summed E-state index contributed by atoms with van der Waals surface area (Å²) in [5.74, 6) is 5.58. The molecule has 1 fully saturated rings. The van der Waals surface area contributed by atoms with E-state index in [4.69, 9.17) is 10.5 Å². The fourth-order valence-corrected chi connectivity index (χ4v) is 3.92. The smallest absolute Gasteiger partial charge is 0.243 e. The Morgan fingerprint density at radius 1 is 1.48 bits per heavy atom. The molecule has 1 aliphatic rings. The van der Waals surface area contributed by atoms with Gasteiger partial charge in [-0.2, -0.15) is 4.31 Å². The summed E-state index contributed by atoms with van der Waals surface area (Å²) in [4.78, 5) is 0.243. The number of likely N-dealkylation sites (N-methyl/N-ethyl adjacent to an activating group) is 1. The first-order valence-corrected chi connectivity index (χ1v) is 8.29. The topological polar surface area (TPSA) is 72.6 Å². The standard InChI is InChI=1S/C15H20N2O3S/c1-12-15(8-10-20-12)17(2)21(18,19)14-7-3-5-13(11-14)6-4-9-16/h3,5,7,11-12,15H,8-10,16H2,1-2H3. The van der Waals surface area contributed by atoms with Gasteiger partial charge in [-0.15, -0.1) is 0 Å². The number of hydrogen-bond donors (Lipinski definition) is 1. The van der Waals surface area contributed by atoms with Crippen LogP contribution in [0.2, 0.25) is 0 Å². The maximum atomic E-state index is 12.7. The zero-order valence-electron chi connectivity index (χ0n) is 12.2. The van der Waals surface area contributed by atoms with E-state index in [1.54, 1.807) is 31.3 Å². The van der Waals surface area contributed by atoms with E-state index in [0.717, 1.165) is 0 Å². The van der Waals surface area contributed by atoms with E-state index < -0.39 is 10.0 Å². The van der Waals surface area contributed by atoms with Gasteiger partial charge in [-0.05, 0) is 31.5 Å². The second-order valence-electron chi connectivity index (χ2n) is 4.99. The third-order valence-corrected chi connectivity index (χ3v) is 5.53. The van der Waals surface area contributed by atoms with Gasteiger partial charge in [0.05, 0.1) is 23.6 Å². The molecule has 6 heteroatoms. The highest BCUT2D eigenvalue weighted by Gasteiger charge is 2.35. The molecule has 1 aliphatic heterocycles. The van der Waals surface area contributed by atoms with Gasteiger partial charge >= 0.3 is 0 Å². The molecule has 1 aromatic rings. The van der Waals surface area contributed by atoms with Crippen LogP contribution >= 0.6 is 0 Å². The molecule has 114 valence electrons. The van der Waals surface area contributed by atoms with Crippen LogP contribution in [-0.2, 0) is 14.8 Å². The number of benzene rings is 1. The summed E-state index contributed by atoms with van der Waals surface area (Å²) in [5.41, 5.74) is 5.98. The highest BCUT2D eigenvalue weighted by Crippen LogP contribution is 2.25. The maximum Gasteiger partial charge on any atom is 0.243 e. The summed E-state index contributed by atoms with van der Waals surface area (Å²) in [6.07, 6.45) is 0.619. The number of hydrogen-bond acceptors (Lipinski definition) is 4. The van der Waals surface area contributed by atoms with Crippen LogP contribution in [0.15, 0.2) is 29.2 Å². The lowest BCUT2D eigenvalue weighted by molar-refractivity contribution is 0.102. The maximum absolute atomic E-state index is 12.7. The van der Waals surface area contributed by atoms with Crippen molar-refractivity contribution >= 4 is 10.0 Å². The van der Waals surface area contributed by atoms with Crippen LogP contribution in [0.25, 0.3) is 0 Å². The average molecular weight is 308 g/mol. The van der Waals surface area contributed by atoms with Gasteiger partial charge in [0.25, 0.3) is 0 Å². The van der Waals surface area contributed by atoms with E-state index in [9.17, 15) is 8.42 Å². The van der Waals surface area contributed by atoms with Crippen molar-refractivity contribution in [3.63, 3.8) is 0 Å². The predicted molar refractivity (Wildman–Crippen MR) is 81.1 cm³/mol. The molecule has 0 aliphatic carbocycles. The van der Waals surface area contributed by atoms with E-state index in [2.05, 4.69) is 11.8 Å². The number of rotatable bonds is 3. The minimum absolute atomic E-state index is 0.0926. The molecule has 0 aromatic heterocycles. The number of ether oxygens (including phenoxy) is 1. The van der Waals surface area contributed by atoms with Crippen molar-refractivity contribution in [2.45, 2.75) is 30.4 Å². The van der Waals surface area contributed by atoms with Gasteiger partial charge in [-0.1, -0.05) is 17.9 Å². The van der Waals surface area contributed by atoms with Crippen molar-refractivity contribution in [2.24, 2.45) is 5.73 Å². The lowest BCUT2D eigenvalue weighted by atomic mass is 10.2. The summed E-state index contributed by atoms with van der Waals surface area (Å²) < 4.78 is 32.2. The molecule has 0 saturated carbocycles. The third kappa shape index (κ3) is 3.44. The minimum atomic E-state index is -3.55. The largest absolute Gasteiger partial charge is 0.377 e. The quantitative estimate of drug-likeness (QED) is 0.838. The Balaban J connectivity index is 2.30. The predicted octanol–water partition coefficient (Wildman–Crippen LogP) is 0.795. The first kappa shape index (κ1) is 16.0. The van der Waals surface area contributed by atoms with E-state index >= 15 is 0 Å². The number of nitrogens with zero attached hydrogens (tertiary/aromatic N) is 1. The molecular weight excluding hydrogens is 288 g/mol. The molecule has 0 amide bonds. The first-order chi connectivity index (χ1) is 9.96. The third-order valence-electron chi connectivity index (χ3n) is 3.65. The lowest BCUT2D eigenvalue weighted by Crippen LogP contribution is -2.40. The molecule has 2 N–H and O–H groups in total. The monoisotopic (exact) mass is 308 g/mol. The van der Waals surface area contributed by atoms with Crippen LogP contribution < -0.4 is 5.73 Å². The molecule has 1 aromatic carbocycles. The van der Waals surface area contributed by atoms with Crippen LogP contribution in [0.5, 0.6) is 0 Å². The molecular formula is C15H20N2O3S. The molecule has 0 bridgehead atoms. The highest BCUT2D eigenvalue weighted by atomic mass is 32.2. The van der Waals surface area contributed by atoms with E-state index in [0.29, 0.717) is 18.6 Å². The molecule has 1 saturated heterocycles. The SMILES string of the molecule is CC1OCCC1N(C)S(=O)(=O)c1cccc(C#CCN)c1. The summed E-state index contributed by atoms with van der Waals surface area (Å²) in [6.45, 7) is 2.73. The van der Waals surface area contributed by atoms with E-state index in [-0.39, 0.29) is 23.6 Å². The molecule has 2 rings (SSSR count). The van der Waals surface area contributed by atoms with Gasteiger partial charge in [-0.3, -0.25) is 0 Å². The summed E-state index contributed by atoms with van der Waals surface area (Å²) >= 11 is 0. The Bertz CT molecular complexity index is 661. The van der Waals surface area contributed by atoms with Gasteiger partial charge in [0.1, 0.15) is 0 Å². The normalized spacial score (nSPS) is 22.1.